The first-order valence-electron chi connectivity index (χ1n) is 8.50. The number of likely N-dealkylation sites (tertiary alicyclic amines) is 1. The summed E-state index contributed by atoms with van der Waals surface area (Å²) >= 11 is 0. The van der Waals surface area contributed by atoms with Crippen molar-refractivity contribution in [3.63, 3.8) is 0 Å². The standard InChI is InChI=1S/C13H15NO2.3C2H6/c1-9-10(2)13(16)14(12(9)15)8-11-6-4-3-5-7-11;3*1-2/h3-7,9-10H,8H2,1-2H3;3*1-2H3. The van der Waals surface area contributed by atoms with Crippen LogP contribution in [0.5, 0.6) is 0 Å². The Kier molecular flexibility index (Phi) is 13.4. The first-order chi connectivity index (χ1) is 10.6. The number of rotatable bonds is 2. The SMILES string of the molecule is CC.CC.CC.CC1C(=O)N(Cc2ccccc2)C(=O)C1C. The molecule has 3 nitrogen and oxygen atoms in total. The largest absolute Gasteiger partial charge is 0.278 e. The maximum atomic E-state index is 11.8. The van der Waals surface area contributed by atoms with Crippen LogP contribution in [0.25, 0.3) is 0 Å². The molecule has 1 aromatic carbocycles. The number of hydrogen-bond donors (Lipinski definition) is 0. The van der Waals surface area contributed by atoms with Crippen molar-refractivity contribution in [2.24, 2.45) is 11.8 Å². The third kappa shape index (κ3) is 6.00. The molecule has 0 aromatic heterocycles. The van der Waals surface area contributed by atoms with E-state index in [0.717, 1.165) is 5.56 Å². The van der Waals surface area contributed by atoms with E-state index in [2.05, 4.69) is 0 Å². The van der Waals surface area contributed by atoms with Crippen LogP contribution in [0.1, 0.15) is 61.0 Å². The second-order valence-corrected chi connectivity index (χ2v) is 4.33. The predicted molar refractivity (Wildman–Crippen MR) is 94.4 cm³/mol. The smallest absolute Gasteiger partial charge is 0.233 e. The van der Waals surface area contributed by atoms with Crippen LogP contribution in [0.4, 0.5) is 0 Å². The zero-order valence-corrected chi connectivity index (χ0v) is 15.5. The van der Waals surface area contributed by atoms with Crippen molar-refractivity contribution < 1.29 is 9.59 Å². The Balaban J connectivity index is 0. The number of nitrogens with zero attached hydrogens (tertiary/aromatic N) is 1. The summed E-state index contributed by atoms with van der Waals surface area (Å²) in [5.74, 6) is -0.477. The molecule has 0 N–H and O–H groups in total. The molecule has 0 radical (unpaired) electrons. The fraction of sp³-hybridized carbons (Fsp3) is 0.579. The molecule has 0 spiro atoms. The number of imide groups is 1. The van der Waals surface area contributed by atoms with Gasteiger partial charge in [0.15, 0.2) is 0 Å². The molecule has 2 atom stereocenters. The fourth-order valence-corrected chi connectivity index (χ4v) is 1.95. The lowest BCUT2D eigenvalue weighted by Crippen LogP contribution is -2.30. The zero-order chi connectivity index (χ0) is 17.7. The van der Waals surface area contributed by atoms with Crippen molar-refractivity contribution in [3.05, 3.63) is 35.9 Å². The Morgan fingerprint density at radius 1 is 0.773 bits per heavy atom. The summed E-state index contributed by atoms with van der Waals surface area (Å²) in [6, 6.07) is 9.59. The van der Waals surface area contributed by atoms with E-state index >= 15 is 0 Å². The van der Waals surface area contributed by atoms with E-state index in [-0.39, 0.29) is 23.7 Å². The minimum absolute atomic E-state index is 0.0543. The lowest BCUT2D eigenvalue weighted by Gasteiger charge is -2.14. The molecule has 0 aliphatic carbocycles. The number of carbonyl (C=O) groups excluding carboxylic acids is 2. The second kappa shape index (κ2) is 13.1. The summed E-state index contributed by atoms with van der Waals surface area (Å²) in [7, 11) is 0. The monoisotopic (exact) mass is 307 g/mol. The van der Waals surface area contributed by atoms with E-state index in [1.54, 1.807) is 0 Å². The molecule has 1 aliphatic heterocycles. The van der Waals surface area contributed by atoms with Crippen molar-refractivity contribution in [2.75, 3.05) is 0 Å². The Hall–Kier alpha value is -1.64. The van der Waals surface area contributed by atoms with Gasteiger partial charge in [-0.05, 0) is 5.56 Å². The zero-order valence-electron chi connectivity index (χ0n) is 15.5. The summed E-state index contributed by atoms with van der Waals surface area (Å²) in [5, 5.41) is 0. The molecule has 22 heavy (non-hydrogen) atoms. The van der Waals surface area contributed by atoms with Crippen LogP contribution in [0, 0.1) is 11.8 Å². The van der Waals surface area contributed by atoms with Crippen LogP contribution in [0.2, 0.25) is 0 Å². The number of carbonyl (C=O) groups is 2. The van der Waals surface area contributed by atoms with Gasteiger partial charge in [0.05, 0.1) is 6.54 Å². The molecule has 2 unspecified atom stereocenters. The second-order valence-electron chi connectivity index (χ2n) is 4.33. The van der Waals surface area contributed by atoms with E-state index in [4.69, 9.17) is 0 Å². The average molecular weight is 307 g/mol. The van der Waals surface area contributed by atoms with E-state index in [9.17, 15) is 9.59 Å². The van der Waals surface area contributed by atoms with Gasteiger partial charge in [-0.3, -0.25) is 14.5 Å². The Labute approximate surface area is 136 Å². The molecular weight excluding hydrogens is 274 g/mol. The topological polar surface area (TPSA) is 37.4 Å². The van der Waals surface area contributed by atoms with Gasteiger partial charge >= 0.3 is 0 Å². The summed E-state index contributed by atoms with van der Waals surface area (Å²) in [5.41, 5.74) is 0.991. The van der Waals surface area contributed by atoms with Gasteiger partial charge in [0.25, 0.3) is 0 Å². The van der Waals surface area contributed by atoms with Crippen LogP contribution in [-0.2, 0) is 16.1 Å². The molecular formula is C19H33NO2. The minimum Gasteiger partial charge on any atom is -0.278 e. The summed E-state index contributed by atoms with van der Waals surface area (Å²) in [6.45, 7) is 16.0. The fourth-order valence-electron chi connectivity index (χ4n) is 1.95. The van der Waals surface area contributed by atoms with E-state index in [0.29, 0.717) is 6.54 Å². The van der Waals surface area contributed by atoms with Crippen molar-refractivity contribution in [2.45, 2.75) is 61.9 Å². The maximum absolute atomic E-state index is 11.8. The van der Waals surface area contributed by atoms with E-state index in [1.165, 1.54) is 4.90 Å². The van der Waals surface area contributed by atoms with Crippen LogP contribution < -0.4 is 0 Å². The predicted octanol–water partition coefficient (Wildman–Crippen LogP) is 4.91. The van der Waals surface area contributed by atoms with Crippen molar-refractivity contribution in [1.29, 1.82) is 0 Å². The quantitative estimate of drug-likeness (QED) is 0.728. The first-order valence-corrected chi connectivity index (χ1v) is 8.50. The van der Waals surface area contributed by atoms with E-state index in [1.807, 2.05) is 85.7 Å². The van der Waals surface area contributed by atoms with Gasteiger partial charge in [0.2, 0.25) is 11.8 Å². The molecule has 126 valence electrons. The van der Waals surface area contributed by atoms with Crippen molar-refractivity contribution in [3.8, 4) is 0 Å². The van der Waals surface area contributed by atoms with Gasteiger partial charge in [0.1, 0.15) is 0 Å². The van der Waals surface area contributed by atoms with Crippen LogP contribution >= 0.6 is 0 Å². The average Bonchev–Trinajstić information content (AvgIpc) is 2.79. The maximum Gasteiger partial charge on any atom is 0.233 e. The molecule has 1 aliphatic rings. The van der Waals surface area contributed by atoms with E-state index < -0.39 is 0 Å². The first kappa shape index (κ1) is 22.6. The highest BCUT2D eigenvalue weighted by Gasteiger charge is 2.41. The molecule has 3 heteroatoms. The summed E-state index contributed by atoms with van der Waals surface area (Å²) in [6.07, 6.45) is 0. The highest BCUT2D eigenvalue weighted by atomic mass is 16.2. The van der Waals surface area contributed by atoms with Crippen LogP contribution in [0.3, 0.4) is 0 Å². The normalized spacial score (nSPS) is 19.2. The van der Waals surface area contributed by atoms with Crippen LogP contribution in [-0.4, -0.2) is 16.7 Å². The minimum atomic E-state index is -0.184. The Morgan fingerprint density at radius 3 is 1.50 bits per heavy atom. The molecule has 1 aromatic rings. The lowest BCUT2D eigenvalue weighted by molar-refractivity contribution is -0.140. The number of hydrogen-bond acceptors (Lipinski definition) is 2. The van der Waals surface area contributed by atoms with Gasteiger partial charge in [-0.15, -0.1) is 0 Å². The van der Waals surface area contributed by atoms with Crippen molar-refractivity contribution >= 4 is 11.8 Å². The molecule has 1 heterocycles. The molecule has 1 fully saturated rings. The lowest BCUT2D eigenvalue weighted by atomic mass is 10.00. The molecule has 2 rings (SSSR count). The van der Waals surface area contributed by atoms with Gasteiger partial charge in [-0.2, -0.15) is 0 Å². The third-order valence-corrected chi connectivity index (χ3v) is 3.24. The molecule has 2 amide bonds. The van der Waals surface area contributed by atoms with Gasteiger partial charge in [0, 0.05) is 11.8 Å². The number of amides is 2. The molecule has 1 saturated heterocycles. The highest BCUT2D eigenvalue weighted by molar-refractivity contribution is 6.04. The highest BCUT2D eigenvalue weighted by Crippen LogP contribution is 2.26. The Bertz CT molecular complexity index is 395. The van der Waals surface area contributed by atoms with Gasteiger partial charge < -0.3 is 0 Å². The summed E-state index contributed by atoms with van der Waals surface area (Å²) < 4.78 is 0. The van der Waals surface area contributed by atoms with Gasteiger partial charge in [-0.1, -0.05) is 85.7 Å². The Morgan fingerprint density at radius 2 is 1.14 bits per heavy atom. The van der Waals surface area contributed by atoms with Gasteiger partial charge in [-0.25, -0.2) is 0 Å². The van der Waals surface area contributed by atoms with Crippen molar-refractivity contribution in [1.82, 2.24) is 4.90 Å². The summed E-state index contributed by atoms with van der Waals surface area (Å²) in [4.78, 5) is 25.0. The molecule has 0 saturated carbocycles. The third-order valence-electron chi connectivity index (χ3n) is 3.24. The molecule has 0 bridgehead atoms. The number of benzene rings is 1. The van der Waals surface area contributed by atoms with Crippen LogP contribution in [0.15, 0.2) is 30.3 Å².